The summed E-state index contributed by atoms with van der Waals surface area (Å²) >= 11 is 9.94. The molecule has 0 amide bonds. The molecule has 0 aliphatic rings. The minimum Gasteiger partial charge on any atom is -0.497 e. The minimum atomic E-state index is -0.300. The van der Waals surface area contributed by atoms with Crippen molar-refractivity contribution in [1.29, 1.82) is 0 Å². The molecule has 2 nitrogen and oxygen atoms in total. The molecule has 0 aliphatic carbocycles. The molecule has 18 heavy (non-hydrogen) atoms. The van der Waals surface area contributed by atoms with E-state index in [0.717, 1.165) is 33.7 Å². The number of alkyl halides is 1. The van der Waals surface area contributed by atoms with Crippen molar-refractivity contribution in [3.63, 3.8) is 0 Å². The molecule has 0 saturated carbocycles. The van der Waals surface area contributed by atoms with Crippen LogP contribution in [0.5, 0.6) is 5.75 Å². The molecule has 1 atom stereocenters. The van der Waals surface area contributed by atoms with Crippen LogP contribution < -0.4 is 4.74 Å². The van der Waals surface area contributed by atoms with Crippen molar-refractivity contribution in [2.24, 2.45) is 0 Å². The van der Waals surface area contributed by atoms with Crippen molar-refractivity contribution in [1.82, 2.24) is 0 Å². The number of methoxy groups -OCH3 is 1. The van der Waals surface area contributed by atoms with Gasteiger partial charge in [0.2, 0.25) is 0 Å². The SMILES string of the molecule is CCc1ccc(C(Cl)c2ccc(OC)cc2Br)o1. The minimum absolute atomic E-state index is 0.300. The molecule has 0 bridgehead atoms. The number of ether oxygens (including phenoxy) is 1. The lowest BCUT2D eigenvalue weighted by Crippen LogP contribution is -1.94. The van der Waals surface area contributed by atoms with Gasteiger partial charge in [-0.05, 0) is 29.8 Å². The number of hydrogen-bond acceptors (Lipinski definition) is 2. The van der Waals surface area contributed by atoms with E-state index in [1.54, 1.807) is 7.11 Å². The molecule has 0 aliphatic heterocycles. The van der Waals surface area contributed by atoms with Crippen molar-refractivity contribution in [3.05, 3.63) is 51.9 Å². The van der Waals surface area contributed by atoms with Crippen LogP contribution in [-0.2, 0) is 6.42 Å². The van der Waals surface area contributed by atoms with Crippen molar-refractivity contribution in [3.8, 4) is 5.75 Å². The van der Waals surface area contributed by atoms with E-state index in [-0.39, 0.29) is 5.38 Å². The summed E-state index contributed by atoms with van der Waals surface area (Å²) in [4.78, 5) is 0. The molecule has 4 heteroatoms. The van der Waals surface area contributed by atoms with Gasteiger partial charge >= 0.3 is 0 Å². The van der Waals surface area contributed by atoms with E-state index < -0.39 is 0 Å². The molecule has 1 aromatic carbocycles. The second-order valence-electron chi connectivity index (χ2n) is 3.91. The lowest BCUT2D eigenvalue weighted by atomic mass is 10.1. The van der Waals surface area contributed by atoms with Crippen LogP contribution in [0.15, 0.2) is 39.2 Å². The van der Waals surface area contributed by atoms with Crippen molar-refractivity contribution in [2.45, 2.75) is 18.7 Å². The van der Waals surface area contributed by atoms with Crippen LogP contribution in [0.3, 0.4) is 0 Å². The van der Waals surface area contributed by atoms with Gasteiger partial charge in [-0.15, -0.1) is 11.6 Å². The van der Waals surface area contributed by atoms with Gasteiger partial charge in [0, 0.05) is 10.9 Å². The van der Waals surface area contributed by atoms with Gasteiger partial charge in [-0.3, -0.25) is 0 Å². The fourth-order valence-corrected chi connectivity index (χ4v) is 2.74. The zero-order valence-electron chi connectivity index (χ0n) is 10.2. The fourth-order valence-electron chi connectivity index (χ4n) is 1.71. The van der Waals surface area contributed by atoms with Gasteiger partial charge in [0.1, 0.15) is 22.6 Å². The highest BCUT2D eigenvalue weighted by Gasteiger charge is 2.17. The van der Waals surface area contributed by atoms with Gasteiger partial charge in [-0.2, -0.15) is 0 Å². The van der Waals surface area contributed by atoms with Gasteiger partial charge in [-0.1, -0.05) is 28.9 Å². The summed E-state index contributed by atoms with van der Waals surface area (Å²) in [6, 6.07) is 9.61. The quantitative estimate of drug-likeness (QED) is 0.741. The van der Waals surface area contributed by atoms with Crippen LogP contribution in [0.1, 0.15) is 29.4 Å². The Morgan fingerprint density at radius 1 is 1.33 bits per heavy atom. The predicted octanol–water partition coefficient (Wildman–Crippen LogP) is 4.94. The van der Waals surface area contributed by atoms with Crippen LogP contribution in [-0.4, -0.2) is 7.11 Å². The predicted molar refractivity (Wildman–Crippen MR) is 76.5 cm³/mol. The summed E-state index contributed by atoms with van der Waals surface area (Å²) in [5, 5.41) is -0.300. The third-order valence-corrected chi connectivity index (χ3v) is 3.90. The van der Waals surface area contributed by atoms with Gasteiger partial charge < -0.3 is 9.15 Å². The summed E-state index contributed by atoms with van der Waals surface area (Å²) in [6.45, 7) is 2.05. The summed E-state index contributed by atoms with van der Waals surface area (Å²) < 4.78 is 11.8. The average Bonchev–Trinajstić information content (AvgIpc) is 2.86. The summed E-state index contributed by atoms with van der Waals surface area (Å²) in [7, 11) is 1.64. The van der Waals surface area contributed by atoms with E-state index in [0.29, 0.717) is 0 Å². The third kappa shape index (κ3) is 2.73. The smallest absolute Gasteiger partial charge is 0.126 e. The zero-order valence-corrected chi connectivity index (χ0v) is 12.6. The summed E-state index contributed by atoms with van der Waals surface area (Å²) in [5.41, 5.74) is 0.967. The Labute approximate surface area is 120 Å². The first kappa shape index (κ1) is 13.5. The molecule has 0 N–H and O–H groups in total. The van der Waals surface area contributed by atoms with Crippen LogP contribution in [0.2, 0.25) is 0 Å². The molecule has 96 valence electrons. The summed E-state index contributed by atoms with van der Waals surface area (Å²) in [6.07, 6.45) is 0.868. The Bertz CT molecular complexity index is 536. The normalized spacial score (nSPS) is 12.4. The van der Waals surface area contributed by atoms with E-state index in [9.17, 15) is 0 Å². The number of furan rings is 1. The molecule has 0 spiro atoms. The number of halogens is 2. The molecular weight excluding hydrogens is 316 g/mol. The lowest BCUT2D eigenvalue weighted by Gasteiger charge is -2.10. The average molecular weight is 330 g/mol. The molecule has 1 unspecified atom stereocenters. The van der Waals surface area contributed by atoms with E-state index in [4.69, 9.17) is 20.8 Å². The van der Waals surface area contributed by atoms with Gasteiger partial charge in [0.15, 0.2) is 0 Å². The van der Waals surface area contributed by atoms with E-state index in [1.807, 2.05) is 30.3 Å². The van der Waals surface area contributed by atoms with Gasteiger partial charge in [-0.25, -0.2) is 0 Å². The van der Waals surface area contributed by atoms with Crippen molar-refractivity contribution < 1.29 is 9.15 Å². The standard InChI is InChI=1S/C14H14BrClO2/c1-3-9-5-7-13(18-9)14(16)11-6-4-10(17-2)8-12(11)15/h4-8,14H,3H2,1-2H3. The molecule has 1 aromatic heterocycles. The molecular formula is C14H14BrClO2. The number of rotatable bonds is 4. The maximum absolute atomic E-state index is 6.44. The largest absolute Gasteiger partial charge is 0.497 e. The molecule has 2 aromatic rings. The van der Waals surface area contributed by atoms with Crippen LogP contribution in [0, 0.1) is 0 Å². The Balaban J connectivity index is 2.30. The van der Waals surface area contributed by atoms with Gasteiger partial charge in [0.05, 0.1) is 7.11 Å². The molecule has 0 saturated heterocycles. The second kappa shape index (κ2) is 5.81. The maximum atomic E-state index is 6.44. The zero-order chi connectivity index (χ0) is 13.1. The van der Waals surface area contributed by atoms with E-state index >= 15 is 0 Å². The lowest BCUT2D eigenvalue weighted by molar-refractivity contribution is 0.414. The number of benzene rings is 1. The number of aryl methyl sites for hydroxylation is 1. The van der Waals surface area contributed by atoms with E-state index in [2.05, 4.69) is 22.9 Å². The highest BCUT2D eigenvalue weighted by Crippen LogP contribution is 2.36. The Morgan fingerprint density at radius 2 is 2.11 bits per heavy atom. The topological polar surface area (TPSA) is 22.4 Å². The van der Waals surface area contributed by atoms with Crippen LogP contribution in [0.25, 0.3) is 0 Å². The first-order chi connectivity index (χ1) is 8.65. The molecule has 0 fully saturated rings. The first-order valence-corrected chi connectivity index (χ1v) is 6.94. The molecule has 2 rings (SSSR count). The number of hydrogen-bond donors (Lipinski definition) is 0. The maximum Gasteiger partial charge on any atom is 0.126 e. The fraction of sp³-hybridized carbons (Fsp3) is 0.286. The Hall–Kier alpha value is -0.930. The van der Waals surface area contributed by atoms with E-state index in [1.165, 1.54) is 0 Å². The molecule has 1 heterocycles. The van der Waals surface area contributed by atoms with Gasteiger partial charge in [0.25, 0.3) is 0 Å². The Morgan fingerprint density at radius 3 is 2.67 bits per heavy atom. The van der Waals surface area contributed by atoms with Crippen molar-refractivity contribution in [2.75, 3.05) is 7.11 Å². The first-order valence-electron chi connectivity index (χ1n) is 5.71. The monoisotopic (exact) mass is 328 g/mol. The third-order valence-electron chi connectivity index (χ3n) is 2.76. The highest BCUT2D eigenvalue weighted by molar-refractivity contribution is 9.10. The molecule has 0 radical (unpaired) electrons. The highest BCUT2D eigenvalue weighted by atomic mass is 79.9. The Kier molecular flexibility index (Phi) is 4.36. The summed E-state index contributed by atoms with van der Waals surface area (Å²) in [5.74, 6) is 2.50. The second-order valence-corrected chi connectivity index (χ2v) is 5.20. The van der Waals surface area contributed by atoms with Crippen LogP contribution in [0.4, 0.5) is 0 Å². The van der Waals surface area contributed by atoms with Crippen LogP contribution >= 0.6 is 27.5 Å². The van der Waals surface area contributed by atoms with Crippen molar-refractivity contribution >= 4 is 27.5 Å².